The lowest BCUT2D eigenvalue weighted by Gasteiger charge is -2.22. The molecule has 0 atom stereocenters. The summed E-state index contributed by atoms with van der Waals surface area (Å²) in [6.45, 7) is 6.30. The van der Waals surface area contributed by atoms with Gasteiger partial charge in [-0.3, -0.25) is 9.59 Å². The van der Waals surface area contributed by atoms with Gasteiger partial charge in [-0.15, -0.1) is 0 Å². The molecule has 3 rings (SSSR count). The summed E-state index contributed by atoms with van der Waals surface area (Å²) in [5.74, 6) is 0.0238. The lowest BCUT2D eigenvalue weighted by molar-refractivity contribution is 0.0712. The zero-order chi connectivity index (χ0) is 16.4. The number of carbonyl (C=O) groups is 2. The highest BCUT2D eigenvalue weighted by Crippen LogP contribution is 2.14. The second-order valence-electron chi connectivity index (χ2n) is 6.01. The van der Waals surface area contributed by atoms with E-state index in [2.05, 4.69) is 9.97 Å². The van der Waals surface area contributed by atoms with Crippen molar-refractivity contribution < 1.29 is 9.59 Å². The summed E-state index contributed by atoms with van der Waals surface area (Å²) in [6.07, 6.45) is 4.35. The van der Waals surface area contributed by atoms with Crippen molar-refractivity contribution >= 4 is 11.8 Å². The molecule has 2 amide bonds. The number of aromatic nitrogens is 2. The summed E-state index contributed by atoms with van der Waals surface area (Å²) in [5, 5.41) is 0. The minimum absolute atomic E-state index is 0.0119. The molecule has 0 aromatic carbocycles. The molecule has 1 aliphatic heterocycles. The minimum atomic E-state index is 0.0119. The normalized spacial score (nSPS) is 15.6. The zero-order valence-corrected chi connectivity index (χ0v) is 13.6. The number of nitrogens with one attached hydrogen (secondary N) is 2. The first-order valence-corrected chi connectivity index (χ1v) is 7.94. The third-order valence-electron chi connectivity index (χ3n) is 4.41. The van der Waals surface area contributed by atoms with Gasteiger partial charge in [-0.25, -0.2) is 0 Å². The van der Waals surface area contributed by atoms with E-state index in [1.54, 1.807) is 12.4 Å². The topological polar surface area (TPSA) is 72.2 Å². The highest BCUT2D eigenvalue weighted by molar-refractivity contribution is 5.95. The Kier molecular flexibility index (Phi) is 4.23. The molecule has 0 radical (unpaired) electrons. The number of rotatable bonds is 2. The van der Waals surface area contributed by atoms with Crippen molar-refractivity contribution in [3.8, 4) is 0 Å². The van der Waals surface area contributed by atoms with Gasteiger partial charge in [-0.2, -0.15) is 0 Å². The van der Waals surface area contributed by atoms with E-state index in [1.807, 2.05) is 35.8 Å². The average Bonchev–Trinajstić information content (AvgIpc) is 3.07. The molecule has 0 unspecified atom stereocenters. The Balaban J connectivity index is 1.68. The maximum Gasteiger partial charge on any atom is 0.270 e. The van der Waals surface area contributed by atoms with Crippen LogP contribution < -0.4 is 0 Å². The number of hydrogen-bond acceptors (Lipinski definition) is 2. The molecule has 2 aromatic rings. The first kappa shape index (κ1) is 15.4. The van der Waals surface area contributed by atoms with E-state index in [9.17, 15) is 9.59 Å². The van der Waals surface area contributed by atoms with Crippen LogP contribution in [0, 0.1) is 13.8 Å². The quantitative estimate of drug-likeness (QED) is 0.889. The molecule has 1 fully saturated rings. The SMILES string of the molecule is Cc1cc[nH]c1C(=O)N1CCCN(C(=O)c2[nH]ccc2C)CC1. The fourth-order valence-corrected chi connectivity index (χ4v) is 3.00. The van der Waals surface area contributed by atoms with Gasteiger partial charge in [-0.05, 0) is 43.5 Å². The van der Waals surface area contributed by atoms with Crippen molar-refractivity contribution in [2.75, 3.05) is 26.2 Å². The van der Waals surface area contributed by atoms with Crippen LogP contribution in [-0.2, 0) is 0 Å². The van der Waals surface area contributed by atoms with Crippen LogP contribution in [0.15, 0.2) is 24.5 Å². The molecule has 0 saturated carbocycles. The number of H-pyrrole nitrogens is 2. The third-order valence-corrected chi connectivity index (χ3v) is 4.41. The lowest BCUT2D eigenvalue weighted by atomic mass is 10.2. The van der Waals surface area contributed by atoms with Crippen LogP contribution in [0.1, 0.15) is 38.5 Å². The Morgan fingerprint density at radius 2 is 1.26 bits per heavy atom. The van der Waals surface area contributed by atoms with Gasteiger partial charge >= 0.3 is 0 Å². The van der Waals surface area contributed by atoms with Crippen LogP contribution in [0.5, 0.6) is 0 Å². The van der Waals surface area contributed by atoms with Gasteiger partial charge in [0.25, 0.3) is 11.8 Å². The predicted octanol–water partition coefficient (Wildman–Crippen LogP) is 1.95. The Morgan fingerprint density at radius 3 is 1.61 bits per heavy atom. The van der Waals surface area contributed by atoms with Crippen LogP contribution in [0.2, 0.25) is 0 Å². The Labute approximate surface area is 135 Å². The summed E-state index contributed by atoms with van der Waals surface area (Å²) in [4.78, 5) is 34.8. The number of nitrogens with zero attached hydrogens (tertiary/aromatic N) is 2. The van der Waals surface area contributed by atoms with Crippen LogP contribution in [0.3, 0.4) is 0 Å². The second-order valence-corrected chi connectivity index (χ2v) is 6.01. The largest absolute Gasteiger partial charge is 0.357 e. The lowest BCUT2D eigenvalue weighted by Crippen LogP contribution is -2.38. The van der Waals surface area contributed by atoms with Gasteiger partial charge in [0.05, 0.1) is 0 Å². The van der Waals surface area contributed by atoms with Crippen molar-refractivity contribution in [2.24, 2.45) is 0 Å². The van der Waals surface area contributed by atoms with Crippen LogP contribution in [0.4, 0.5) is 0 Å². The number of aryl methyl sites for hydroxylation is 2. The van der Waals surface area contributed by atoms with Gasteiger partial charge < -0.3 is 19.8 Å². The molecule has 122 valence electrons. The van der Waals surface area contributed by atoms with Crippen molar-refractivity contribution in [3.05, 3.63) is 47.0 Å². The van der Waals surface area contributed by atoms with Crippen molar-refractivity contribution in [1.82, 2.24) is 19.8 Å². The number of carbonyl (C=O) groups excluding carboxylic acids is 2. The molecule has 6 nitrogen and oxygen atoms in total. The summed E-state index contributed by atoms with van der Waals surface area (Å²) in [5.41, 5.74) is 3.19. The predicted molar refractivity (Wildman–Crippen MR) is 87.5 cm³/mol. The fourth-order valence-electron chi connectivity index (χ4n) is 3.00. The number of aromatic amines is 2. The molecule has 0 spiro atoms. The first-order valence-electron chi connectivity index (χ1n) is 7.94. The Morgan fingerprint density at radius 1 is 0.826 bits per heavy atom. The molecule has 1 aliphatic rings. The molecule has 2 N–H and O–H groups in total. The molecule has 3 heterocycles. The zero-order valence-electron chi connectivity index (χ0n) is 13.6. The van der Waals surface area contributed by atoms with Gasteiger partial charge in [-0.1, -0.05) is 0 Å². The molecular weight excluding hydrogens is 292 g/mol. The molecule has 0 aliphatic carbocycles. The van der Waals surface area contributed by atoms with Crippen molar-refractivity contribution in [1.29, 1.82) is 0 Å². The Bertz CT molecular complexity index is 656. The minimum Gasteiger partial charge on any atom is -0.357 e. The van der Waals surface area contributed by atoms with Crippen molar-refractivity contribution in [3.63, 3.8) is 0 Å². The maximum atomic E-state index is 12.6. The molecule has 0 bridgehead atoms. The van der Waals surface area contributed by atoms with Gasteiger partial charge in [0.2, 0.25) is 0 Å². The average molecular weight is 314 g/mol. The second kappa shape index (κ2) is 6.32. The molecular formula is C17H22N4O2. The smallest absolute Gasteiger partial charge is 0.270 e. The van der Waals surface area contributed by atoms with E-state index >= 15 is 0 Å². The van der Waals surface area contributed by atoms with E-state index in [4.69, 9.17) is 0 Å². The van der Waals surface area contributed by atoms with Crippen LogP contribution in [-0.4, -0.2) is 57.8 Å². The van der Waals surface area contributed by atoms with Gasteiger partial charge in [0, 0.05) is 38.6 Å². The van der Waals surface area contributed by atoms with Crippen LogP contribution >= 0.6 is 0 Å². The summed E-state index contributed by atoms with van der Waals surface area (Å²) >= 11 is 0. The molecule has 23 heavy (non-hydrogen) atoms. The van der Waals surface area contributed by atoms with Gasteiger partial charge in [0.1, 0.15) is 11.4 Å². The molecule has 1 saturated heterocycles. The molecule has 6 heteroatoms. The molecule has 2 aromatic heterocycles. The van der Waals surface area contributed by atoms with E-state index in [0.29, 0.717) is 37.6 Å². The monoisotopic (exact) mass is 314 g/mol. The maximum absolute atomic E-state index is 12.6. The number of hydrogen-bond donors (Lipinski definition) is 2. The van der Waals surface area contributed by atoms with E-state index < -0.39 is 0 Å². The van der Waals surface area contributed by atoms with Crippen molar-refractivity contribution in [2.45, 2.75) is 20.3 Å². The fraction of sp³-hybridized carbons (Fsp3) is 0.412. The highest BCUT2D eigenvalue weighted by atomic mass is 16.2. The van der Waals surface area contributed by atoms with Gasteiger partial charge in [0.15, 0.2) is 0 Å². The standard InChI is InChI=1S/C17H22N4O2/c1-12-4-6-18-14(12)16(22)20-8-3-9-21(11-10-20)17(23)15-13(2)5-7-19-15/h4-7,18-19H,3,8-11H2,1-2H3. The third kappa shape index (κ3) is 3.02. The summed E-state index contributed by atoms with van der Waals surface area (Å²) in [6, 6.07) is 3.80. The Hall–Kier alpha value is -2.50. The van der Waals surface area contributed by atoms with E-state index in [1.165, 1.54) is 0 Å². The van der Waals surface area contributed by atoms with E-state index in [-0.39, 0.29) is 11.8 Å². The first-order chi connectivity index (χ1) is 11.1. The highest BCUT2D eigenvalue weighted by Gasteiger charge is 2.25. The van der Waals surface area contributed by atoms with Crippen LogP contribution in [0.25, 0.3) is 0 Å². The summed E-state index contributed by atoms with van der Waals surface area (Å²) < 4.78 is 0. The number of amides is 2. The summed E-state index contributed by atoms with van der Waals surface area (Å²) in [7, 11) is 0. The van der Waals surface area contributed by atoms with E-state index in [0.717, 1.165) is 17.5 Å².